The van der Waals surface area contributed by atoms with E-state index in [1.807, 2.05) is 17.5 Å². The second-order valence-corrected chi connectivity index (χ2v) is 5.31. The van der Waals surface area contributed by atoms with Crippen molar-refractivity contribution in [3.8, 4) is 0 Å². The average Bonchev–Trinajstić information content (AvgIpc) is 3.01. The lowest BCUT2D eigenvalue weighted by Crippen LogP contribution is -2.30. The van der Waals surface area contributed by atoms with Gasteiger partial charge >= 0.3 is 5.97 Å². The Hall–Kier alpha value is -2.21. The third-order valence-corrected chi connectivity index (χ3v) is 3.88. The van der Waals surface area contributed by atoms with Crippen LogP contribution in [0.3, 0.4) is 0 Å². The Morgan fingerprint density at radius 3 is 2.57 bits per heavy atom. The molecule has 110 valence electrons. The van der Waals surface area contributed by atoms with Gasteiger partial charge in [0.25, 0.3) is 5.91 Å². The number of halogens is 1. The SMILES string of the molecule is COC(=O)C[C@H](NC(=O)c1ccc(F)cc1)c1cccs1. The Balaban J connectivity index is 2.12. The number of hydrogen-bond donors (Lipinski definition) is 1. The summed E-state index contributed by atoms with van der Waals surface area (Å²) in [5.74, 6) is -1.18. The average molecular weight is 307 g/mol. The molecule has 0 unspecified atom stereocenters. The molecule has 0 radical (unpaired) electrons. The lowest BCUT2D eigenvalue weighted by atomic mass is 10.1. The van der Waals surface area contributed by atoms with Gasteiger partial charge in [-0.05, 0) is 35.7 Å². The van der Waals surface area contributed by atoms with E-state index in [-0.39, 0.29) is 12.3 Å². The molecule has 4 nitrogen and oxygen atoms in total. The van der Waals surface area contributed by atoms with Gasteiger partial charge in [-0.25, -0.2) is 4.39 Å². The van der Waals surface area contributed by atoms with E-state index in [2.05, 4.69) is 10.1 Å². The number of thiophene rings is 1. The van der Waals surface area contributed by atoms with Gasteiger partial charge in [0.05, 0.1) is 19.6 Å². The summed E-state index contributed by atoms with van der Waals surface area (Å²) in [5.41, 5.74) is 0.336. The van der Waals surface area contributed by atoms with Crippen molar-refractivity contribution in [3.63, 3.8) is 0 Å². The lowest BCUT2D eigenvalue weighted by molar-refractivity contribution is -0.141. The van der Waals surface area contributed by atoms with E-state index >= 15 is 0 Å². The van der Waals surface area contributed by atoms with E-state index in [4.69, 9.17) is 0 Å². The van der Waals surface area contributed by atoms with Gasteiger partial charge in [-0.15, -0.1) is 11.3 Å². The molecule has 2 rings (SSSR count). The van der Waals surface area contributed by atoms with Gasteiger partial charge in [0.15, 0.2) is 0 Å². The van der Waals surface area contributed by atoms with Crippen LogP contribution in [-0.4, -0.2) is 19.0 Å². The number of hydrogen-bond acceptors (Lipinski definition) is 4. The van der Waals surface area contributed by atoms with E-state index in [0.717, 1.165) is 4.88 Å². The van der Waals surface area contributed by atoms with Crippen molar-refractivity contribution in [1.29, 1.82) is 0 Å². The zero-order chi connectivity index (χ0) is 15.2. The summed E-state index contributed by atoms with van der Waals surface area (Å²) in [6.45, 7) is 0. The Bertz CT molecular complexity index is 610. The maximum atomic E-state index is 12.9. The van der Waals surface area contributed by atoms with Gasteiger partial charge in [-0.1, -0.05) is 6.07 Å². The first-order valence-electron chi connectivity index (χ1n) is 6.27. The first-order valence-corrected chi connectivity index (χ1v) is 7.14. The van der Waals surface area contributed by atoms with Gasteiger partial charge < -0.3 is 10.1 Å². The predicted molar refractivity (Wildman–Crippen MR) is 77.6 cm³/mol. The second-order valence-electron chi connectivity index (χ2n) is 4.33. The number of carbonyl (C=O) groups is 2. The molecule has 21 heavy (non-hydrogen) atoms. The van der Waals surface area contributed by atoms with E-state index in [9.17, 15) is 14.0 Å². The van der Waals surface area contributed by atoms with Crippen molar-refractivity contribution in [2.24, 2.45) is 0 Å². The highest BCUT2D eigenvalue weighted by atomic mass is 32.1. The smallest absolute Gasteiger partial charge is 0.307 e. The Morgan fingerprint density at radius 2 is 2.00 bits per heavy atom. The van der Waals surface area contributed by atoms with Crippen LogP contribution in [0.2, 0.25) is 0 Å². The first kappa shape index (κ1) is 15.2. The number of nitrogens with one attached hydrogen (secondary N) is 1. The van der Waals surface area contributed by atoms with Gasteiger partial charge in [-0.2, -0.15) is 0 Å². The van der Waals surface area contributed by atoms with Crippen LogP contribution < -0.4 is 5.32 Å². The normalized spacial score (nSPS) is 11.7. The third kappa shape index (κ3) is 4.13. The van der Waals surface area contributed by atoms with Crippen LogP contribution >= 0.6 is 11.3 Å². The zero-order valence-corrected chi connectivity index (χ0v) is 12.2. The van der Waals surface area contributed by atoms with Crippen LogP contribution in [0, 0.1) is 5.82 Å². The van der Waals surface area contributed by atoms with Crippen molar-refractivity contribution in [2.45, 2.75) is 12.5 Å². The zero-order valence-electron chi connectivity index (χ0n) is 11.3. The fourth-order valence-electron chi connectivity index (χ4n) is 1.81. The quantitative estimate of drug-likeness (QED) is 0.864. The van der Waals surface area contributed by atoms with Gasteiger partial charge in [0, 0.05) is 10.4 Å². The molecule has 0 spiro atoms. The molecule has 0 fully saturated rings. The highest BCUT2D eigenvalue weighted by molar-refractivity contribution is 7.10. The van der Waals surface area contributed by atoms with E-state index in [0.29, 0.717) is 5.56 Å². The number of carbonyl (C=O) groups excluding carboxylic acids is 2. The highest BCUT2D eigenvalue weighted by Gasteiger charge is 2.20. The maximum absolute atomic E-state index is 12.9. The minimum Gasteiger partial charge on any atom is -0.469 e. The molecule has 2 aromatic rings. The van der Waals surface area contributed by atoms with E-state index in [1.54, 1.807) is 0 Å². The fraction of sp³-hybridized carbons (Fsp3) is 0.200. The van der Waals surface area contributed by atoms with Crippen LogP contribution in [0.25, 0.3) is 0 Å². The summed E-state index contributed by atoms with van der Waals surface area (Å²) in [4.78, 5) is 24.5. The standard InChI is InChI=1S/C15H14FNO3S/c1-20-14(18)9-12(13-3-2-8-21-13)17-15(19)10-4-6-11(16)7-5-10/h2-8,12H,9H2,1H3,(H,17,19)/t12-/m0/s1. The van der Waals surface area contributed by atoms with Crippen molar-refractivity contribution >= 4 is 23.2 Å². The molecule has 0 aliphatic carbocycles. The summed E-state index contributed by atoms with van der Waals surface area (Å²) in [6, 6.07) is 8.44. The molecule has 6 heteroatoms. The number of rotatable bonds is 5. The third-order valence-electron chi connectivity index (χ3n) is 2.90. The molecule has 1 heterocycles. The first-order chi connectivity index (χ1) is 10.1. The lowest BCUT2D eigenvalue weighted by Gasteiger charge is -2.16. The molecular weight excluding hydrogens is 293 g/mol. The summed E-state index contributed by atoms with van der Waals surface area (Å²) < 4.78 is 17.5. The van der Waals surface area contributed by atoms with Crippen LogP contribution in [0.4, 0.5) is 4.39 Å². The molecule has 0 saturated carbocycles. The monoisotopic (exact) mass is 307 g/mol. The van der Waals surface area contributed by atoms with Crippen molar-refractivity contribution < 1.29 is 18.7 Å². The number of amides is 1. The molecule has 1 amide bonds. The number of methoxy groups -OCH3 is 1. The maximum Gasteiger partial charge on any atom is 0.307 e. The van der Waals surface area contributed by atoms with Crippen molar-refractivity contribution in [1.82, 2.24) is 5.32 Å². The van der Waals surface area contributed by atoms with Gasteiger partial charge in [0.1, 0.15) is 5.82 Å². The summed E-state index contributed by atoms with van der Waals surface area (Å²) in [5, 5.41) is 4.63. The molecule has 1 aromatic heterocycles. The second kappa shape index (κ2) is 6.99. The molecule has 0 aliphatic heterocycles. The fourth-order valence-corrected chi connectivity index (χ4v) is 2.58. The number of esters is 1. The van der Waals surface area contributed by atoms with Crippen LogP contribution in [0.5, 0.6) is 0 Å². The molecule has 1 atom stereocenters. The summed E-state index contributed by atoms with van der Waals surface area (Å²) >= 11 is 1.44. The molecule has 0 saturated heterocycles. The highest BCUT2D eigenvalue weighted by Crippen LogP contribution is 2.23. The topological polar surface area (TPSA) is 55.4 Å². The van der Waals surface area contributed by atoms with E-state index in [1.165, 1.54) is 42.7 Å². The summed E-state index contributed by atoms with van der Waals surface area (Å²) in [7, 11) is 1.30. The van der Waals surface area contributed by atoms with Crippen molar-refractivity contribution in [3.05, 3.63) is 58.0 Å². The Labute approximate surface area is 125 Å². The molecule has 1 N–H and O–H groups in total. The predicted octanol–water partition coefficient (Wildman–Crippen LogP) is 2.92. The van der Waals surface area contributed by atoms with Crippen LogP contribution in [0.1, 0.15) is 27.7 Å². The van der Waals surface area contributed by atoms with Crippen LogP contribution in [-0.2, 0) is 9.53 Å². The van der Waals surface area contributed by atoms with E-state index < -0.39 is 17.8 Å². The largest absolute Gasteiger partial charge is 0.469 e. The van der Waals surface area contributed by atoms with Crippen LogP contribution in [0.15, 0.2) is 41.8 Å². The van der Waals surface area contributed by atoms with Gasteiger partial charge in [-0.3, -0.25) is 9.59 Å². The van der Waals surface area contributed by atoms with Crippen molar-refractivity contribution in [2.75, 3.05) is 7.11 Å². The number of benzene rings is 1. The summed E-state index contributed by atoms with van der Waals surface area (Å²) in [6.07, 6.45) is 0.0456. The van der Waals surface area contributed by atoms with Gasteiger partial charge in [0.2, 0.25) is 0 Å². The molecule has 0 aliphatic rings. The molecular formula is C15H14FNO3S. The number of ether oxygens (including phenoxy) is 1. The molecule has 0 bridgehead atoms. The minimum absolute atomic E-state index is 0.0456. The minimum atomic E-state index is -0.463. The Morgan fingerprint density at radius 1 is 1.29 bits per heavy atom. The Kier molecular flexibility index (Phi) is 5.05. The molecule has 1 aromatic carbocycles.